The van der Waals surface area contributed by atoms with E-state index in [4.69, 9.17) is 19.7 Å². The third-order valence-electron chi connectivity index (χ3n) is 23.0. The number of carboxylic acid groups (broad SMARTS) is 2. The molecular formula is C113H124F12N6O8S2. The predicted molar refractivity (Wildman–Crippen MR) is 538 cm³/mol. The van der Waals surface area contributed by atoms with E-state index in [1.807, 2.05) is 61.2 Å². The Bertz CT molecular complexity index is 5850. The number of halogens is 12. The first-order chi connectivity index (χ1) is 67.1. The fourth-order valence-corrected chi connectivity index (χ4v) is 17.2. The lowest BCUT2D eigenvalue weighted by Gasteiger charge is -2.26. The molecule has 0 spiro atoms. The van der Waals surface area contributed by atoms with Gasteiger partial charge in [-0.3, -0.25) is 24.3 Å². The van der Waals surface area contributed by atoms with E-state index >= 15 is 0 Å². The summed E-state index contributed by atoms with van der Waals surface area (Å²) < 4.78 is 170. The van der Waals surface area contributed by atoms with E-state index in [2.05, 4.69) is 150 Å². The van der Waals surface area contributed by atoms with Gasteiger partial charge in [-0.05, 0) is 275 Å². The van der Waals surface area contributed by atoms with E-state index in [1.54, 1.807) is 93.2 Å². The summed E-state index contributed by atoms with van der Waals surface area (Å²) in [5.41, 5.74) is 16.3. The lowest BCUT2D eigenvalue weighted by Crippen LogP contribution is -2.27. The Morgan fingerprint density at radius 3 is 1.16 bits per heavy atom. The number of ether oxygens (including phenoxy) is 2. The molecule has 4 N–H and O–H groups in total. The van der Waals surface area contributed by atoms with Crippen LogP contribution in [0.4, 0.5) is 58.4 Å². The highest BCUT2D eigenvalue weighted by molar-refractivity contribution is 7.99. The van der Waals surface area contributed by atoms with Gasteiger partial charge >= 0.3 is 30.5 Å². The molecular weight excluding hydrogens is 1860 g/mol. The second-order valence-corrected chi connectivity index (χ2v) is 38.4. The molecule has 0 aliphatic carbocycles. The molecule has 0 aliphatic rings. The van der Waals surface area contributed by atoms with Crippen LogP contribution in [-0.4, -0.2) is 101 Å². The van der Waals surface area contributed by atoms with Crippen LogP contribution in [0, 0.1) is 59.0 Å². The van der Waals surface area contributed by atoms with Crippen molar-refractivity contribution in [1.82, 2.24) is 25.3 Å². The number of unbranched alkanes of at least 4 members (excludes halogenated alkanes) is 2. The van der Waals surface area contributed by atoms with Crippen LogP contribution in [0.2, 0.25) is 0 Å². The van der Waals surface area contributed by atoms with Crippen LogP contribution in [0.15, 0.2) is 266 Å². The van der Waals surface area contributed by atoms with Crippen LogP contribution in [0.1, 0.15) is 190 Å². The fourth-order valence-electron chi connectivity index (χ4n) is 15.7. The smallest absolute Gasteiger partial charge is 0.416 e. The topological polar surface area (TPSA) is 164 Å². The number of hydrogen-bond acceptors (Lipinski definition) is 14. The van der Waals surface area contributed by atoms with Gasteiger partial charge in [-0.2, -0.15) is 51.3 Å². The van der Waals surface area contributed by atoms with E-state index in [0.29, 0.717) is 117 Å². The Balaban J connectivity index is 0.000000210. The number of carboxylic acids is 2. The van der Waals surface area contributed by atoms with Crippen molar-refractivity contribution in [2.45, 2.75) is 194 Å². The molecule has 28 heteroatoms. The van der Waals surface area contributed by atoms with Crippen molar-refractivity contribution in [3.8, 4) is 5.75 Å². The Morgan fingerprint density at radius 1 is 0.369 bits per heavy atom. The van der Waals surface area contributed by atoms with Crippen molar-refractivity contribution >= 4 is 54.1 Å². The van der Waals surface area contributed by atoms with Crippen molar-refractivity contribution in [3.63, 3.8) is 0 Å². The number of carbonyl (C=O) groups excluding carboxylic acids is 2. The number of aromatic carboxylic acids is 2. The number of hydrogen-bond donors (Lipinski definition) is 4. The molecule has 0 radical (unpaired) electrons. The maximum Gasteiger partial charge on any atom is 0.416 e. The molecule has 750 valence electrons. The first kappa shape index (κ1) is 113. The molecule has 0 aliphatic heterocycles. The van der Waals surface area contributed by atoms with Crippen LogP contribution in [-0.2, 0) is 109 Å². The average Bonchev–Trinajstić information content (AvgIpc) is 0.833. The number of carbonyl (C=O) groups is 4. The van der Waals surface area contributed by atoms with Crippen molar-refractivity contribution in [2.75, 3.05) is 55.9 Å². The Hall–Kier alpha value is -12.0. The number of anilines is 1. The number of alkyl halides is 9. The highest BCUT2D eigenvalue weighted by Crippen LogP contribution is 2.36. The zero-order chi connectivity index (χ0) is 102. The molecule has 0 fully saturated rings. The van der Waals surface area contributed by atoms with Crippen molar-refractivity contribution in [3.05, 3.63) is 406 Å². The lowest BCUT2D eigenvalue weighted by atomic mass is 9.86. The summed E-state index contributed by atoms with van der Waals surface area (Å²) >= 11 is 3.17. The van der Waals surface area contributed by atoms with Gasteiger partial charge in [0, 0.05) is 101 Å². The molecule has 0 atom stereocenters. The van der Waals surface area contributed by atoms with Crippen molar-refractivity contribution < 1.29 is 91.5 Å². The van der Waals surface area contributed by atoms with Crippen LogP contribution >= 0.6 is 23.5 Å². The third-order valence-corrected chi connectivity index (χ3v) is 24.9. The number of aryl methyl sites for hydroxylation is 7. The minimum Gasteiger partial charge on any atom is -0.478 e. The van der Waals surface area contributed by atoms with Gasteiger partial charge in [0.1, 0.15) is 11.7 Å². The summed E-state index contributed by atoms with van der Waals surface area (Å²) in [5, 5.41) is 25.0. The highest BCUT2D eigenvalue weighted by Gasteiger charge is 2.34. The lowest BCUT2D eigenvalue weighted by molar-refractivity contribution is -0.138. The van der Waals surface area contributed by atoms with Gasteiger partial charge in [-0.1, -0.05) is 224 Å². The molecule has 12 rings (SSSR count). The van der Waals surface area contributed by atoms with E-state index in [0.717, 1.165) is 128 Å². The van der Waals surface area contributed by atoms with Crippen molar-refractivity contribution in [1.29, 1.82) is 0 Å². The van der Waals surface area contributed by atoms with Gasteiger partial charge in [0.05, 0.1) is 27.8 Å². The third kappa shape index (κ3) is 40.9. The van der Waals surface area contributed by atoms with Gasteiger partial charge in [0.15, 0.2) is 17.5 Å². The molecule has 0 aromatic heterocycles. The van der Waals surface area contributed by atoms with Crippen LogP contribution in [0.3, 0.4) is 0 Å². The first-order valence-corrected chi connectivity index (χ1v) is 48.7. The van der Waals surface area contributed by atoms with E-state index < -0.39 is 64.6 Å². The molecule has 0 saturated heterocycles. The SMILES string of the molecule is Cc1cc(CN(CCCCCc2ccc(C(C)(C)C)cc2)Cc2ccc(OC=O)cc2)cc(C(F)(F)F)c1.Cc1ccc(CNCCCN(Cc2cc(C)cc(C(F)(F)F)c2)c2ccc(SCOC=O)cc2)cc1.Cc1ccc(CNCCCN(Cc2ccc(C(=O)O)cc2)Cc2cc(F)c(F)c(F)c2)cc1.Cc1ccc(CSCCN(Cc2ccc(C(=O)O)cc2)Cc2cc(C)cc(C(F)(F)F)c2)cc1. The summed E-state index contributed by atoms with van der Waals surface area (Å²) in [6.07, 6.45) is -7.48. The Kier molecular flexibility index (Phi) is 44.7. The standard InChI is InChI=1S/C32H38F3NO2.C28H31F3N2O2S.C27H28F3NO2S.C26H27F3N2O2/c1-24-18-27(20-29(19-24)32(33,34)35)22-36(21-26-11-15-30(16-12-26)38-23-37)17-7-5-6-8-25-9-13-28(14-10-25)31(2,3)4;1-21-4-6-23(7-5-21)17-32-12-3-13-33(26-8-10-27(11-9-26)36-20-35-19-34)18-24-14-22(2)15-25(16-24)28(29,30)31;1-19-3-5-22(6-4-19)18-34-12-11-31(16-21-7-9-24(10-8-21)26(32)33)17-23-13-20(2)14-25(15-23)27(28,29)30;1-18-3-5-19(6-4-18)15-30-11-2-12-31(16-20-7-9-22(10-8-20)26(32)33)17-21-13-23(27)25(29)24(28)14-21/h9-16,18-20,23H,5-8,17,21-22H2,1-4H3;4-11,14-16,19,32H,3,12-13,17-18,20H2,1-2H3;3-10,13-15H,11-12,16-18H2,1-2H3,(H,32,33);3-10,13-14,30H,2,11-12,15-17H2,1H3,(H,32,33). The first-order valence-electron chi connectivity index (χ1n) is 46.6. The zero-order valence-electron chi connectivity index (χ0n) is 80.9. The molecule has 12 aromatic carbocycles. The van der Waals surface area contributed by atoms with Gasteiger partial charge in [0.2, 0.25) is 0 Å². The van der Waals surface area contributed by atoms with Crippen LogP contribution in [0.25, 0.3) is 0 Å². The molecule has 12 aromatic rings. The minimum absolute atomic E-state index is 0.141. The monoisotopic (exact) mass is 1980 g/mol. The van der Waals surface area contributed by atoms with Crippen LogP contribution < -0.4 is 20.3 Å². The average molecular weight is 1990 g/mol. The molecule has 14 nitrogen and oxygen atoms in total. The summed E-state index contributed by atoms with van der Waals surface area (Å²) in [4.78, 5) is 52.4. The van der Waals surface area contributed by atoms with E-state index in [1.165, 1.54) is 98.7 Å². The normalized spacial score (nSPS) is 11.6. The largest absolute Gasteiger partial charge is 0.478 e. The summed E-state index contributed by atoms with van der Waals surface area (Å²) in [5.74, 6) is -3.53. The quantitative estimate of drug-likeness (QED) is 0.00711. The number of rotatable bonds is 46. The van der Waals surface area contributed by atoms with Gasteiger partial charge in [0.25, 0.3) is 12.9 Å². The molecule has 141 heavy (non-hydrogen) atoms. The maximum absolute atomic E-state index is 13.7. The van der Waals surface area contributed by atoms with Gasteiger partial charge in [-0.15, -0.1) is 0 Å². The van der Waals surface area contributed by atoms with Crippen molar-refractivity contribution in [2.24, 2.45) is 0 Å². The van der Waals surface area contributed by atoms with Gasteiger partial charge < -0.3 is 35.2 Å². The second-order valence-electron chi connectivity index (χ2n) is 36.3. The van der Waals surface area contributed by atoms with E-state index in [-0.39, 0.29) is 29.0 Å². The number of benzene rings is 12. The minimum atomic E-state index is -4.39. The summed E-state index contributed by atoms with van der Waals surface area (Å²) in [6, 6.07) is 76.6. The van der Waals surface area contributed by atoms with Gasteiger partial charge in [-0.25, -0.2) is 22.8 Å². The predicted octanol–water partition coefficient (Wildman–Crippen LogP) is 27.2. The number of nitrogens with zero attached hydrogens (tertiary/aromatic N) is 4. The summed E-state index contributed by atoms with van der Waals surface area (Å²) in [6.45, 7) is 27.4. The molecule has 0 unspecified atom stereocenters. The van der Waals surface area contributed by atoms with Crippen LogP contribution in [0.5, 0.6) is 5.75 Å². The number of nitrogens with one attached hydrogen (secondary N) is 2. The Morgan fingerprint density at radius 2 is 0.745 bits per heavy atom. The Labute approximate surface area is 828 Å². The zero-order valence-corrected chi connectivity index (χ0v) is 82.6. The number of thioether (sulfide) groups is 2. The highest BCUT2D eigenvalue weighted by atomic mass is 32.2. The maximum atomic E-state index is 13.7. The second kappa shape index (κ2) is 56.0. The summed E-state index contributed by atoms with van der Waals surface area (Å²) in [7, 11) is 0. The molecule has 0 saturated carbocycles. The molecule has 0 heterocycles. The molecule has 0 amide bonds. The molecule has 0 bridgehead atoms. The van der Waals surface area contributed by atoms with E-state index in [9.17, 15) is 71.9 Å². The fraction of sp³-hybridized carbons (Fsp3) is 0.327.